The second kappa shape index (κ2) is 5.03. The van der Waals surface area contributed by atoms with Crippen LogP contribution in [0.1, 0.15) is 5.76 Å². The maximum Gasteiger partial charge on any atom is 0.300 e. The molecule has 6 heteroatoms. The molecule has 0 bridgehead atoms. The first-order chi connectivity index (χ1) is 6.76. The van der Waals surface area contributed by atoms with E-state index in [4.69, 9.17) is 20.3 Å². The fraction of sp³-hybridized carbons (Fsp3) is 0.250. The van der Waals surface area contributed by atoms with Crippen molar-refractivity contribution in [2.24, 2.45) is 5.73 Å². The summed E-state index contributed by atoms with van der Waals surface area (Å²) in [4.78, 5) is 3.90. The first kappa shape index (κ1) is 10.3. The molecule has 0 fully saturated rings. The van der Waals surface area contributed by atoms with Gasteiger partial charge in [-0.15, -0.1) is 0 Å². The van der Waals surface area contributed by atoms with Crippen LogP contribution in [0.15, 0.2) is 22.5 Å². The summed E-state index contributed by atoms with van der Waals surface area (Å²) in [7, 11) is 1.57. The number of rotatable bonds is 5. The van der Waals surface area contributed by atoms with Crippen molar-refractivity contribution in [2.75, 3.05) is 12.4 Å². The lowest BCUT2D eigenvalue weighted by atomic mass is 10.6. The van der Waals surface area contributed by atoms with E-state index in [-0.39, 0.29) is 6.01 Å². The Balaban J connectivity index is 2.59. The highest BCUT2D eigenvalue weighted by molar-refractivity contribution is 5.69. The number of oxazole rings is 1. The first-order valence-corrected chi connectivity index (χ1v) is 3.93. The van der Waals surface area contributed by atoms with E-state index in [1.54, 1.807) is 13.3 Å². The third-order valence-electron chi connectivity index (χ3n) is 1.35. The highest BCUT2D eigenvalue weighted by Crippen LogP contribution is 2.10. The Morgan fingerprint density at radius 2 is 2.64 bits per heavy atom. The van der Waals surface area contributed by atoms with Crippen LogP contribution >= 0.6 is 0 Å². The maximum atomic E-state index is 6.78. The van der Waals surface area contributed by atoms with Crippen molar-refractivity contribution in [3.8, 4) is 0 Å². The molecule has 0 unspecified atom stereocenters. The molecular weight excluding hydrogens is 184 g/mol. The smallest absolute Gasteiger partial charge is 0.300 e. The van der Waals surface area contributed by atoms with Gasteiger partial charge in [-0.3, -0.25) is 5.32 Å². The number of hydrogen-bond donors (Lipinski definition) is 3. The number of nitrogens with zero attached hydrogens (tertiary/aromatic N) is 1. The molecule has 0 spiro atoms. The Kier molecular flexibility index (Phi) is 3.69. The van der Waals surface area contributed by atoms with E-state index in [0.29, 0.717) is 18.2 Å². The van der Waals surface area contributed by atoms with Gasteiger partial charge >= 0.3 is 6.01 Å². The van der Waals surface area contributed by atoms with Crippen molar-refractivity contribution < 1.29 is 9.15 Å². The second-order valence-corrected chi connectivity index (χ2v) is 2.48. The molecule has 0 aliphatic carbocycles. The molecule has 0 amide bonds. The summed E-state index contributed by atoms with van der Waals surface area (Å²) in [5.74, 6) is 0.906. The van der Waals surface area contributed by atoms with Gasteiger partial charge in [0.05, 0.1) is 6.20 Å². The number of hydrogen-bond acceptors (Lipinski definition) is 6. The Morgan fingerprint density at radius 1 is 1.86 bits per heavy atom. The Labute approximate surface area is 81.3 Å². The third-order valence-corrected chi connectivity index (χ3v) is 1.35. The number of ether oxygens (including phenoxy) is 1. The topological polar surface area (TPSA) is 97.2 Å². The largest absolute Gasteiger partial charge is 0.426 e. The van der Waals surface area contributed by atoms with Gasteiger partial charge < -0.3 is 20.3 Å². The molecule has 0 aromatic carbocycles. The minimum absolute atomic E-state index is 0.285. The van der Waals surface area contributed by atoms with Gasteiger partial charge in [-0.2, -0.15) is 0 Å². The zero-order chi connectivity index (χ0) is 10.4. The number of anilines is 1. The van der Waals surface area contributed by atoms with Gasteiger partial charge in [0.1, 0.15) is 12.4 Å². The van der Waals surface area contributed by atoms with Crippen LogP contribution < -0.4 is 11.1 Å². The van der Waals surface area contributed by atoms with Crippen molar-refractivity contribution in [3.63, 3.8) is 0 Å². The average molecular weight is 196 g/mol. The predicted molar refractivity (Wildman–Crippen MR) is 51.9 cm³/mol. The van der Waals surface area contributed by atoms with Gasteiger partial charge in [0.25, 0.3) is 0 Å². The molecule has 1 aromatic rings. The Bertz CT molecular complexity index is 332. The van der Waals surface area contributed by atoms with Crippen LogP contribution in [0.25, 0.3) is 0 Å². The van der Waals surface area contributed by atoms with Crippen molar-refractivity contribution in [1.29, 1.82) is 5.41 Å². The highest BCUT2D eigenvalue weighted by atomic mass is 16.5. The monoisotopic (exact) mass is 196 g/mol. The average Bonchev–Trinajstić information content (AvgIpc) is 2.53. The van der Waals surface area contributed by atoms with Crippen molar-refractivity contribution in [1.82, 2.24) is 4.98 Å². The van der Waals surface area contributed by atoms with Crippen molar-refractivity contribution in [2.45, 2.75) is 6.61 Å². The van der Waals surface area contributed by atoms with Gasteiger partial charge in [0.15, 0.2) is 5.76 Å². The van der Waals surface area contributed by atoms with Crippen LogP contribution in [0.2, 0.25) is 0 Å². The molecule has 4 N–H and O–H groups in total. The van der Waals surface area contributed by atoms with Gasteiger partial charge in [-0.1, -0.05) is 0 Å². The quantitative estimate of drug-likeness (QED) is 0.602. The summed E-state index contributed by atoms with van der Waals surface area (Å²) in [5.41, 5.74) is 5.47. The lowest BCUT2D eigenvalue weighted by Gasteiger charge is -1.98. The number of nitrogens with one attached hydrogen (secondary N) is 2. The lowest BCUT2D eigenvalue weighted by molar-refractivity contribution is 0.165. The molecule has 0 aliphatic heterocycles. The van der Waals surface area contributed by atoms with Crippen molar-refractivity contribution >= 4 is 12.2 Å². The van der Waals surface area contributed by atoms with E-state index in [9.17, 15) is 0 Å². The number of nitrogens with two attached hydrogens (primary N) is 1. The van der Waals surface area contributed by atoms with Crippen LogP contribution in [0.3, 0.4) is 0 Å². The molecule has 6 nitrogen and oxygen atoms in total. The second-order valence-electron chi connectivity index (χ2n) is 2.48. The van der Waals surface area contributed by atoms with Crippen LogP contribution in [-0.2, 0) is 11.3 Å². The Morgan fingerprint density at radius 3 is 3.29 bits per heavy atom. The summed E-state index contributed by atoms with van der Waals surface area (Å²) in [6.07, 6.45) is 4.01. The SMILES string of the molecule is COCc1cnc(N/C(N)=C/C=N)o1. The predicted octanol–water partition coefficient (Wildman–Crippen LogP) is 0.683. The molecule has 76 valence electrons. The van der Waals surface area contributed by atoms with Crippen LogP contribution in [-0.4, -0.2) is 18.3 Å². The number of allylic oxidation sites excluding steroid dienone is 1. The summed E-state index contributed by atoms with van der Waals surface area (Å²) in [6, 6.07) is 0.285. The summed E-state index contributed by atoms with van der Waals surface area (Å²) in [6.45, 7) is 0.364. The van der Waals surface area contributed by atoms with Gasteiger partial charge in [-0.05, 0) is 6.08 Å². The molecule has 0 radical (unpaired) electrons. The number of aromatic nitrogens is 1. The van der Waals surface area contributed by atoms with E-state index >= 15 is 0 Å². The van der Waals surface area contributed by atoms with Gasteiger partial charge in [-0.25, -0.2) is 4.98 Å². The lowest BCUT2D eigenvalue weighted by Crippen LogP contribution is -2.09. The van der Waals surface area contributed by atoms with Gasteiger partial charge in [0, 0.05) is 13.3 Å². The molecule has 1 rings (SSSR count). The third kappa shape index (κ3) is 2.91. The van der Waals surface area contributed by atoms with Crippen LogP contribution in [0, 0.1) is 5.41 Å². The van der Waals surface area contributed by atoms with E-state index in [2.05, 4.69) is 10.3 Å². The van der Waals surface area contributed by atoms with Gasteiger partial charge in [0.2, 0.25) is 0 Å². The molecule has 1 aromatic heterocycles. The highest BCUT2D eigenvalue weighted by Gasteiger charge is 2.02. The van der Waals surface area contributed by atoms with Crippen LogP contribution in [0.4, 0.5) is 6.01 Å². The summed E-state index contributed by atoms with van der Waals surface area (Å²) < 4.78 is 10.0. The van der Waals surface area contributed by atoms with E-state index in [1.807, 2.05) is 0 Å². The molecule has 0 saturated carbocycles. The summed E-state index contributed by atoms with van der Waals surface area (Å²) in [5, 5.41) is 9.45. The molecule has 14 heavy (non-hydrogen) atoms. The standard InChI is InChI=1S/C8H12N4O2/c1-13-5-6-4-11-8(14-6)12-7(10)2-3-9/h2-4,9H,5,10H2,1H3,(H,11,12)/b7-2+,9-3?. The minimum atomic E-state index is 0.285. The molecule has 0 aliphatic rings. The zero-order valence-corrected chi connectivity index (χ0v) is 7.78. The van der Waals surface area contributed by atoms with E-state index in [1.165, 1.54) is 6.08 Å². The summed E-state index contributed by atoms with van der Waals surface area (Å²) >= 11 is 0. The van der Waals surface area contributed by atoms with E-state index < -0.39 is 0 Å². The van der Waals surface area contributed by atoms with E-state index in [0.717, 1.165) is 6.21 Å². The molecular formula is C8H12N4O2. The normalized spacial score (nSPS) is 11.4. The fourth-order valence-corrected chi connectivity index (χ4v) is 0.829. The minimum Gasteiger partial charge on any atom is -0.426 e. The first-order valence-electron chi connectivity index (χ1n) is 3.93. The molecule has 0 atom stereocenters. The maximum absolute atomic E-state index is 6.78. The zero-order valence-electron chi connectivity index (χ0n) is 7.78. The van der Waals surface area contributed by atoms with Crippen LogP contribution in [0.5, 0.6) is 0 Å². The Hall–Kier alpha value is -1.82. The molecule has 0 saturated heterocycles. The van der Waals surface area contributed by atoms with Crippen molar-refractivity contribution in [3.05, 3.63) is 23.9 Å². The number of methoxy groups -OCH3 is 1. The fourth-order valence-electron chi connectivity index (χ4n) is 0.829. The molecule has 1 heterocycles.